The molecule has 3 aliphatic rings. The molecule has 4 atom stereocenters. The molecule has 3 fully saturated rings. The number of esters is 1. The number of carbonyl (C=O) groups is 3. The van der Waals surface area contributed by atoms with E-state index in [9.17, 15) is 14.4 Å². The number of fused-ring (bicyclic) bond motifs is 5. The van der Waals surface area contributed by atoms with Crippen molar-refractivity contribution in [3.05, 3.63) is 59.1 Å². The molecule has 5 nitrogen and oxygen atoms in total. The van der Waals surface area contributed by atoms with Crippen LogP contribution in [0.1, 0.15) is 29.6 Å². The van der Waals surface area contributed by atoms with E-state index in [-0.39, 0.29) is 23.7 Å². The second-order valence-corrected chi connectivity index (χ2v) is 8.22. The first-order chi connectivity index (χ1) is 13.5. The number of hydrogen-bond donors (Lipinski definition) is 0. The van der Waals surface area contributed by atoms with Gasteiger partial charge < -0.3 is 4.74 Å². The third-order valence-corrected chi connectivity index (χ3v) is 6.56. The van der Waals surface area contributed by atoms with Gasteiger partial charge in [0, 0.05) is 5.02 Å². The molecule has 2 aromatic rings. The summed E-state index contributed by atoms with van der Waals surface area (Å²) in [5.74, 6) is 0.127. The molecule has 6 heteroatoms. The third-order valence-electron chi connectivity index (χ3n) is 6.31. The number of rotatable bonds is 3. The molecule has 28 heavy (non-hydrogen) atoms. The van der Waals surface area contributed by atoms with Crippen LogP contribution in [0.3, 0.4) is 0 Å². The Bertz CT molecular complexity index is 941. The number of imide groups is 1. The van der Waals surface area contributed by atoms with Crippen molar-refractivity contribution in [2.45, 2.75) is 19.3 Å². The molecule has 142 valence electrons. The van der Waals surface area contributed by atoms with Crippen molar-refractivity contribution in [1.29, 1.82) is 0 Å². The molecule has 2 aliphatic carbocycles. The lowest BCUT2D eigenvalue weighted by molar-refractivity contribution is -0.123. The molecule has 2 bridgehead atoms. The summed E-state index contributed by atoms with van der Waals surface area (Å²) in [5, 5.41) is 0.541. The minimum Gasteiger partial charge on any atom is -0.423 e. The molecule has 0 radical (unpaired) electrons. The molecule has 1 aliphatic heterocycles. The smallest absolute Gasteiger partial charge is 0.343 e. The summed E-state index contributed by atoms with van der Waals surface area (Å²) in [6.07, 6.45) is 3.12. The van der Waals surface area contributed by atoms with Crippen molar-refractivity contribution in [2.75, 3.05) is 4.90 Å². The first-order valence-electron chi connectivity index (χ1n) is 9.48. The Balaban J connectivity index is 1.33. The molecular weight excluding hydrogens is 378 g/mol. The van der Waals surface area contributed by atoms with Crippen molar-refractivity contribution < 1.29 is 19.1 Å². The van der Waals surface area contributed by atoms with E-state index in [1.54, 1.807) is 48.5 Å². The molecule has 2 amide bonds. The SMILES string of the molecule is O=C(Oc1ccc(N2C(=O)[C@@H]3[C@H]4CC[C@@H](C4)[C@H]3C2=O)cc1)c1ccc(Cl)cc1. The Morgan fingerprint density at radius 3 is 2.04 bits per heavy atom. The number of amides is 2. The molecule has 2 saturated carbocycles. The van der Waals surface area contributed by atoms with Gasteiger partial charge in [-0.05, 0) is 79.6 Å². The highest BCUT2D eigenvalue weighted by Gasteiger charge is 2.61. The van der Waals surface area contributed by atoms with E-state index in [0.717, 1.165) is 19.3 Å². The highest BCUT2D eigenvalue weighted by molar-refractivity contribution is 6.30. The molecule has 0 N–H and O–H groups in total. The summed E-state index contributed by atoms with van der Waals surface area (Å²) in [7, 11) is 0. The molecule has 5 rings (SSSR count). The van der Waals surface area contributed by atoms with E-state index >= 15 is 0 Å². The fraction of sp³-hybridized carbons (Fsp3) is 0.318. The lowest BCUT2D eigenvalue weighted by Gasteiger charge is -2.19. The second kappa shape index (κ2) is 6.45. The molecule has 0 spiro atoms. The van der Waals surface area contributed by atoms with Crippen molar-refractivity contribution in [3.63, 3.8) is 0 Å². The highest BCUT2D eigenvalue weighted by atomic mass is 35.5. The van der Waals surface area contributed by atoms with Gasteiger partial charge in [0.15, 0.2) is 0 Å². The number of hydrogen-bond acceptors (Lipinski definition) is 4. The molecule has 1 heterocycles. The maximum absolute atomic E-state index is 12.9. The lowest BCUT2D eigenvalue weighted by atomic mass is 9.81. The van der Waals surface area contributed by atoms with Gasteiger partial charge in [0.25, 0.3) is 0 Å². The zero-order chi connectivity index (χ0) is 19.4. The fourth-order valence-corrected chi connectivity index (χ4v) is 5.20. The molecule has 2 aromatic carbocycles. The zero-order valence-electron chi connectivity index (χ0n) is 15.0. The van der Waals surface area contributed by atoms with E-state index in [1.807, 2.05) is 0 Å². The lowest BCUT2D eigenvalue weighted by Crippen LogP contribution is -2.32. The topological polar surface area (TPSA) is 63.7 Å². The van der Waals surface area contributed by atoms with Gasteiger partial charge in [-0.15, -0.1) is 0 Å². The van der Waals surface area contributed by atoms with Gasteiger partial charge in [-0.25, -0.2) is 4.79 Å². The van der Waals surface area contributed by atoms with E-state index in [0.29, 0.717) is 33.9 Å². The number of anilines is 1. The van der Waals surface area contributed by atoms with Crippen molar-refractivity contribution in [3.8, 4) is 5.75 Å². The van der Waals surface area contributed by atoms with Gasteiger partial charge in [0.05, 0.1) is 23.1 Å². The number of ether oxygens (including phenoxy) is 1. The quantitative estimate of drug-likeness (QED) is 0.446. The average Bonchev–Trinajstić information content (AvgIpc) is 3.37. The Morgan fingerprint density at radius 1 is 0.893 bits per heavy atom. The number of benzene rings is 2. The minimum absolute atomic E-state index is 0.0758. The van der Waals surface area contributed by atoms with Crippen LogP contribution in [0.25, 0.3) is 0 Å². The Labute approximate surface area is 167 Å². The average molecular weight is 396 g/mol. The van der Waals surface area contributed by atoms with Gasteiger partial charge >= 0.3 is 5.97 Å². The minimum atomic E-state index is -0.496. The summed E-state index contributed by atoms with van der Waals surface area (Å²) in [4.78, 5) is 39.3. The Morgan fingerprint density at radius 2 is 1.46 bits per heavy atom. The number of carbonyl (C=O) groups excluding carboxylic acids is 3. The normalized spacial score (nSPS) is 28.0. The van der Waals surface area contributed by atoms with Crippen LogP contribution in [-0.4, -0.2) is 17.8 Å². The van der Waals surface area contributed by atoms with Crippen molar-refractivity contribution in [1.82, 2.24) is 0 Å². The first kappa shape index (κ1) is 17.4. The standard InChI is InChI=1S/C22H18ClNO4/c23-15-5-3-12(4-6-15)22(27)28-17-9-7-16(8-10-17)24-20(25)18-13-1-2-14(11-13)19(18)21(24)26/h3-10,13-14,18-19H,1-2,11H2/t13-,14-,18+,19+/m0/s1. The van der Waals surface area contributed by atoms with Gasteiger partial charge in [-0.3, -0.25) is 14.5 Å². The predicted molar refractivity (Wildman–Crippen MR) is 103 cm³/mol. The maximum Gasteiger partial charge on any atom is 0.343 e. The predicted octanol–water partition coefficient (Wildman–Crippen LogP) is 4.09. The summed E-state index contributed by atoms with van der Waals surface area (Å²) in [5.41, 5.74) is 0.928. The Kier molecular flexibility index (Phi) is 4.02. The van der Waals surface area contributed by atoms with E-state index in [4.69, 9.17) is 16.3 Å². The van der Waals surface area contributed by atoms with Gasteiger partial charge in [0.2, 0.25) is 11.8 Å². The van der Waals surface area contributed by atoms with Crippen molar-refractivity contribution in [2.24, 2.45) is 23.7 Å². The summed E-state index contributed by atoms with van der Waals surface area (Å²) < 4.78 is 5.36. The van der Waals surface area contributed by atoms with Crippen LogP contribution in [-0.2, 0) is 9.59 Å². The Hall–Kier alpha value is -2.66. The van der Waals surface area contributed by atoms with E-state index in [2.05, 4.69) is 0 Å². The van der Waals surface area contributed by atoms with E-state index < -0.39 is 5.97 Å². The van der Waals surface area contributed by atoms with Crippen LogP contribution in [0.5, 0.6) is 5.75 Å². The number of nitrogens with zero attached hydrogens (tertiary/aromatic N) is 1. The van der Waals surface area contributed by atoms with Gasteiger partial charge in [0.1, 0.15) is 5.75 Å². The zero-order valence-corrected chi connectivity index (χ0v) is 15.8. The third kappa shape index (κ3) is 2.65. The summed E-state index contributed by atoms with van der Waals surface area (Å²) >= 11 is 5.82. The molecule has 1 saturated heterocycles. The van der Waals surface area contributed by atoms with Gasteiger partial charge in [-0.1, -0.05) is 11.6 Å². The molecule has 0 aromatic heterocycles. The largest absolute Gasteiger partial charge is 0.423 e. The van der Waals surface area contributed by atoms with Crippen LogP contribution >= 0.6 is 11.6 Å². The highest BCUT2D eigenvalue weighted by Crippen LogP contribution is 2.56. The van der Waals surface area contributed by atoms with Crippen LogP contribution in [0.15, 0.2) is 48.5 Å². The molecular formula is C22H18ClNO4. The van der Waals surface area contributed by atoms with Crippen LogP contribution < -0.4 is 9.64 Å². The van der Waals surface area contributed by atoms with Gasteiger partial charge in [-0.2, -0.15) is 0 Å². The summed E-state index contributed by atoms with van der Waals surface area (Å²) in [6.45, 7) is 0. The fourth-order valence-electron chi connectivity index (χ4n) is 5.08. The molecule has 0 unspecified atom stereocenters. The summed E-state index contributed by atoms with van der Waals surface area (Å²) in [6, 6.07) is 12.9. The van der Waals surface area contributed by atoms with Crippen molar-refractivity contribution >= 4 is 35.1 Å². The van der Waals surface area contributed by atoms with E-state index in [1.165, 1.54) is 4.90 Å². The first-order valence-corrected chi connectivity index (χ1v) is 9.86. The maximum atomic E-state index is 12.9. The monoisotopic (exact) mass is 395 g/mol. The number of halogens is 1. The second-order valence-electron chi connectivity index (χ2n) is 7.79. The van der Waals surface area contributed by atoms with Crippen LogP contribution in [0.2, 0.25) is 5.02 Å². The van der Waals surface area contributed by atoms with Crippen LogP contribution in [0.4, 0.5) is 5.69 Å². The van der Waals surface area contributed by atoms with Crippen LogP contribution in [0, 0.1) is 23.7 Å².